The number of anilines is 1. The summed E-state index contributed by atoms with van der Waals surface area (Å²) in [5, 5.41) is 5.44. The molecule has 4 rings (SSSR count). The molecule has 9 heteroatoms. The van der Waals surface area contributed by atoms with Crippen LogP contribution in [0.2, 0.25) is 10.0 Å². The summed E-state index contributed by atoms with van der Waals surface area (Å²) in [6.07, 6.45) is 5.60. The van der Waals surface area contributed by atoms with Crippen molar-refractivity contribution in [3.05, 3.63) is 33.8 Å². The second-order valence-corrected chi connectivity index (χ2v) is 8.39. The molecule has 0 bridgehead atoms. The first-order valence-corrected chi connectivity index (χ1v) is 10.4. The zero-order chi connectivity index (χ0) is 21.4. The molecule has 2 aliphatic heterocycles. The summed E-state index contributed by atoms with van der Waals surface area (Å²) in [6, 6.07) is 2.97. The molecule has 0 saturated heterocycles. The van der Waals surface area contributed by atoms with Crippen molar-refractivity contribution in [1.82, 2.24) is 0 Å². The molecular formula is C21H19Cl2N3O4. The predicted octanol–water partition coefficient (Wildman–Crippen LogP) is 4.15. The SMILES string of the molecule is CC1=NN(c2cc(Cl)c(OC3=NCC(=O)C(CC4CCC4)=C3)c(Cl)c2)C(=O)CC1=O. The van der Waals surface area contributed by atoms with Crippen molar-refractivity contribution in [1.29, 1.82) is 0 Å². The first-order chi connectivity index (χ1) is 14.3. The number of hydrazone groups is 1. The highest BCUT2D eigenvalue weighted by molar-refractivity contribution is 6.44. The van der Waals surface area contributed by atoms with Gasteiger partial charge in [-0.1, -0.05) is 42.5 Å². The lowest BCUT2D eigenvalue weighted by molar-refractivity contribution is -0.124. The monoisotopic (exact) mass is 447 g/mol. The molecule has 1 aromatic carbocycles. The van der Waals surface area contributed by atoms with Crippen LogP contribution in [-0.2, 0) is 14.4 Å². The number of benzene rings is 1. The Morgan fingerprint density at radius 2 is 1.83 bits per heavy atom. The summed E-state index contributed by atoms with van der Waals surface area (Å²) in [4.78, 5) is 40.1. The maximum Gasteiger partial charge on any atom is 0.255 e. The number of carbonyl (C=O) groups is 3. The van der Waals surface area contributed by atoms with Crippen LogP contribution in [0, 0.1) is 5.92 Å². The number of ether oxygens (including phenoxy) is 1. The molecule has 0 aromatic heterocycles. The molecule has 1 aliphatic carbocycles. The maximum atomic E-state index is 12.2. The van der Waals surface area contributed by atoms with E-state index in [0.717, 1.165) is 24.3 Å². The lowest BCUT2D eigenvalue weighted by Crippen LogP contribution is -2.36. The zero-order valence-corrected chi connectivity index (χ0v) is 17.8. The van der Waals surface area contributed by atoms with Gasteiger partial charge in [-0.05, 0) is 31.4 Å². The lowest BCUT2D eigenvalue weighted by Gasteiger charge is -2.26. The van der Waals surface area contributed by atoms with Crippen molar-refractivity contribution in [3.8, 4) is 5.75 Å². The number of aliphatic imine (C=N–C) groups is 1. The molecule has 7 nitrogen and oxygen atoms in total. The average Bonchev–Trinajstić information content (AvgIpc) is 2.66. The largest absolute Gasteiger partial charge is 0.436 e. The fraction of sp³-hybridized carbons (Fsp3) is 0.381. The van der Waals surface area contributed by atoms with Gasteiger partial charge in [0.1, 0.15) is 12.3 Å². The first kappa shape index (κ1) is 20.8. The minimum Gasteiger partial charge on any atom is -0.436 e. The van der Waals surface area contributed by atoms with Crippen LogP contribution in [0.5, 0.6) is 5.75 Å². The van der Waals surface area contributed by atoms with E-state index in [1.807, 2.05) is 0 Å². The Bertz CT molecular complexity index is 1020. The van der Waals surface area contributed by atoms with E-state index in [1.54, 1.807) is 13.0 Å². The van der Waals surface area contributed by atoms with Gasteiger partial charge in [-0.25, -0.2) is 4.99 Å². The second kappa shape index (κ2) is 8.32. The number of halogens is 2. The van der Waals surface area contributed by atoms with Crippen LogP contribution in [0.4, 0.5) is 5.69 Å². The molecule has 0 N–H and O–H groups in total. The third kappa shape index (κ3) is 4.18. The van der Waals surface area contributed by atoms with Gasteiger partial charge in [-0.3, -0.25) is 14.4 Å². The number of nitrogens with zero attached hydrogens (tertiary/aromatic N) is 3. The van der Waals surface area contributed by atoms with Crippen molar-refractivity contribution in [2.45, 2.75) is 39.0 Å². The third-order valence-electron chi connectivity index (χ3n) is 5.40. The van der Waals surface area contributed by atoms with E-state index in [0.29, 0.717) is 17.2 Å². The molecule has 1 amide bonds. The molecule has 156 valence electrons. The Kier molecular flexibility index (Phi) is 5.75. The molecule has 1 fully saturated rings. The number of amides is 1. The van der Waals surface area contributed by atoms with Crippen LogP contribution in [0.15, 0.2) is 33.9 Å². The van der Waals surface area contributed by atoms with Gasteiger partial charge in [0.25, 0.3) is 5.91 Å². The van der Waals surface area contributed by atoms with Crippen molar-refractivity contribution in [3.63, 3.8) is 0 Å². The van der Waals surface area contributed by atoms with Crippen molar-refractivity contribution < 1.29 is 19.1 Å². The van der Waals surface area contributed by atoms with Crippen molar-refractivity contribution >= 4 is 58.0 Å². The summed E-state index contributed by atoms with van der Waals surface area (Å²) in [7, 11) is 0. The van der Waals surface area contributed by atoms with E-state index in [2.05, 4.69) is 10.1 Å². The highest BCUT2D eigenvalue weighted by atomic mass is 35.5. The normalized spacial score (nSPS) is 19.9. The van der Waals surface area contributed by atoms with Gasteiger partial charge in [-0.2, -0.15) is 10.1 Å². The van der Waals surface area contributed by atoms with E-state index >= 15 is 0 Å². The van der Waals surface area contributed by atoms with Crippen molar-refractivity contribution in [2.24, 2.45) is 16.0 Å². The zero-order valence-electron chi connectivity index (χ0n) is 16.3. The van der Waals surface area contributed by atoms with Gasteiger partial charge < -0.3 is 4.74 Å². The van der Waals surface area contributed by atoms with Gasteiger partial charge >= 0.3 is 0 Å². The number of Topliss-reactive ketones (excluding diaryl/α,β-unsaturated/α-hetero) is 2. The molecule has 3 aliphatic rings. The number of carbonyl (C=O) groups excluding carboxylic acids is 3. The number of rotatable bonds is 4. The van der Waals surface area contributed by atoms with Gasteiger partial charge in [-0.15, -0.1) is 0 Å². The van der Waals surface area contributed by atoms with E-state index in [4.69, 9.17) is 27.9 Å². The summed E-state index contributed by atoms with van der Waals surface area (Å²) in [6.45, 7) is 1.57. The third-order valence-corrected chi connectivity index (χ3v) is 5.97. The molecule has 1 saturated carbocycles. The molecular weight excluding hydrogens is 429 g/mol. The summed E-state index contributed by atoms with van der Waals surface area (Å²) >= 11 is 12.7. The van der Waals surface area contributed by atoms with E-state index < -0.39 is 5.91 Å². The summed E-state index contributed by atoms with van der Waals surface area (Å²) < 4.78 is 5.80. The quantitative estimate of drug-likeness (QED) is 0.648. The minimum atomic E-state index is -0.467. The second-order valence-electron chi connectivity index (χ2n) is 7.58. The van der Waals surface area contributed by atoms with Crippen LogP contribution in [0.25, 0.3) is 0 Å². The van der Waals surface area contributed by atoms with Crippen LogP contribution < -0.4 is 9.75 Å². The van der Waals surface area contributed by atoms with Crippen LogP contribution in [0.3, 0.4) is 0 Å². The number of hydrogen-bond donors (Lipinski definition) is 0. The summed E-state index contributed by atoms with van der Waals surface area (Å²) in [5.41, 5.74) is 1.27. The Morgan fingerprint density at radius 1 is 1.13 bits per heavy atom. The molecule has 2 heterocycles. The highest BCUT2D eigenvalue weighted by Crippen LogP contribution is 2.39. The maximum absolute atomic E-state index is 12.2. The highest BCUT2D eigenvalue weighted by Gasteiger charge is 2.28. The van der Waals surface area contributed by atoms with E-state index in [9.17, 15) is 14.4 Å². The average molecular weight is 448 g/mol. The predicted molar refractivity (Wildman–Crippen MR) is 115 cm³/mol. The molecule has 0 unspecified atom stereocenters. The van der Waals surface area contributed by atoms with Crippen LogP contribution in [-0.4, -0.2) is 35.6 Å². The Morgan fingerprint density at radius 3 is 2.47 bits per heavy atom. The van der Waals surface area contributed by atoms with E-state index in [1.165, 1.54) is 18.6 Å². The van der Waals surface area contributed by atoms with Crippen LogP contribution >= 0.6 is 23.2 Å². The smallest absolute Gasteiger partial charge is 0.255 e. The standard InChI is InChI=1S/C21H19Cl2N3O4/c1-11-17(27)9-20(29)26(25-11)14-7-15(22)21(16(23)8-14)30-19-6-13(18(28)10-24-19)5-12-3-2-4-12/h6-8,12H,2-5,9-10H2,1H3. The van der Waals surface area contributed by atoms with Crippen LogP contribution in [0.1, 0.15) is 39.0 Å². The molecule has 1 aromatic rings. The topological polar surface area (TPSA) is 88.4 Å². The number of hydrogen-bond acceptors (Lipinski definition) is 6. The fourth-order valence-corrected chi connectivity index (χ4v) is 4.00. The molecule has 0 atom stereocenters. The van der Waals surface area contributed by atoms with E-state index in [-0.39, 0.29) is 51.9 Å². The number of ketones is 2. The number of dihydropyridines is 1. The lowest BCUT2D eigenvalue weighted by atomic mass is 9.80. The Labute approximate surface area is 183 Å². The molecule has 30 heavy (non-hydrogen) atoms. The minimum absolute atomic E-state index is 0.00758. The first-order valence-electron chi connectivity index (χ1n) is 9.68. The molecule has 0 radical (unpaired) electrons. The van der Waals surface area contributed by atoms with Crippen molar-refractivity contribution in [2.75, 3.05) is 11.6 Å². The van der Waals surface area contributed by atoms with Gasteiger partial charge in [0.05, 0.1) is 22.2 Å². The Balaban J connectivity index is 1.56. The van der Waals surface area contributed by atoms with Gasteiger partial charge in [0, 0.05) is 11.6 Å². The molecule has 0 spiro atoms. The van der Waals surface area contributed by atoms with Gasteiger partial charge in [0.15, 0.2) is 17.3 Å². The van der Waals surface area contributed by atoms with Gasteiger partial charge in [0.2, 0.25) is 5.90 Å². The summed E-state index contributed by atoms with van der Waals surface area (Å²) in [5.74, 6) is 0.217. The Hall–Kier alpha value is -2.51. The fourth-order valence-electron chi connectivity index (χ4n) is 3.44.